The van der Waals surface area contributed by atoms with Crippen LogP contribution in [0.25, 0.3) is 0 Å². The average molecular weight is 507 g/mol. The number of ether oxygens (including phenoxy) is 2. The zero-order valence-corrected chi connectivity index (χ0v) is 21.8. The molecule has 1 atom stereocenters. The summed E-state index contributed by atoms with van der Waals surface area (Å²) in [7, 11) is 3.26. The van der Waals surface area contributed by atoms with Crippen LogP contribution in [-0.4, -0.2) is 86.1 Å². The van der Waals surface area contributed by atoms with Crippen molar-refractivity contribution in [3.63, 3.8) is 0 Å². The second-order valence-corrected chi connectivity index (χ2v) is 9.23. The Hall–Kier alpha value is -3.85. The Labute approximate surface area is 217 Å². The lowest BCUT2D eigenvalue weighted by atomic mass is 9.93. The number of esters is 1. The zero-order valence-electron chi connectivity index (χ0n) is 21.8. The number of likely N-dealkylation sites (N-methyl/N-ethyl adjacent to an activating group) is 1. The maximum Gasteiger partial charge on any atom is 0.338 e. The highest BCUT2D eigenvalue weighted by Crippen LogP contribution is 2.32. The Kier molecular flexibility index (Phi) is 8.13. The summed E-state index contributed by atoms with van der Waals surface area (Å²) in [6.45, 7) is 6.70. The molecule has 2 aliphatic heterocycles. The summed E-state index contributed by atoms with van der Waals surface area (Å²) in [5, 5.41) is 2.96. The van der Waals surface area contributed by atoms with E-state index < -0.39 is 12.0 Å². The van der Waals surface area contributed by atoms with Gasteiger partial charge in [-0.25, -0.2) is 9.59 Å². The Morgan fingerprint density at radius 2 is 1.76 bits per heavy atom. The van der Waals surface area contributed by atoms with E-state index in [1.165, 1.54) is 4.90 Å². The van der Waals surface area contributed by atoms with Gasteiger partial charge in [0.15, 0.2) is 0 Å². The fraction of sp³-hybridized carbons (Fsp3) is 0.393. The van der Waals surface area contributed by atoms with E-state index >= 15 is 0 Å². The molecule has 1 fully saturated rings. The molecule has 9 heteroatoms. The molecule has 9 nitrogen and oxygen atoms in total. The van der Waals surface area contributed by atoms with Crippen molar-refractivity contribution in [3.8, 4) is 5.75 Å². The van der Waals surface area contributed by atoms with Crippen LogP contribution in [0.4, 0.5) is 4.79 Å². The molecule has 0 bridgehead atoms. The number of carbonyl (C=O) groups is 3. The van der Waals surface area contributed by atoms with Gasteiger partial charge in [-0.05, 0) is 43.7 Å². The molecule has 0 aliphatic carbocycles. The quantitative estimate of drug-likeness (QED) is 0.581. The highest BCUT2D eigenvalue weighted by atomic mass is 16.5. The highest BCUT2D eigenvalue weighted by molar-refractivity contribution is 5.95. The van der Waals surface area contributed by atoms with E-state index in [4.69, 9.17) is 9.47 Å². The van der Waals surface area contributed by atoms with E-state index in [0.717, 1.165) is 11.1 Å². The summed E-state index contributed by atoms with van der Waals surface area (Å²) in [5.74, 6) is 0.239. The minimum Gasteiger partial charge on any atom is -0.497 e. The first kappa shape index (κ1) is 26.2. The number of rotatable bonds is 7. The molecular weight excluding hydrogens is 472 g/mol. The molecule has 2 aromatic rings. The zero-order chi connectivity index (χ0) is 26.5. The number of nitrogens with zero attached hydrogens (tertiary/aromatic N) is 3. The number of urea groups is 1. The molecule has 0 saturated carbocycles. The van der Waals surface area contributed by atoms with Gasteiger partial charge in [-0.1, -0.05) is 29.8 Å². The lowest BCUT2D eigenvalue weighted by Crippen LogP contribution is -2.53. The van der Waals surface area contributed by atoms with Crippen LogP contribution in [0.1, 0.15) is 34.5 Å². The summed E-state index contributed by atoms with van der Waals surface area (Å²) < 4.78 is 10.6. The average Bonchev–Trinajstić information content (AvgIpc) is 2.91. The maximum atomic E-state index is 13.2. The van der Waals surface area contributed by atoms with Gasteiger partial charge in [0, 0.05) is 51.0 Å². The molecule has 1 N–H and O–H groups in total. The lowest BCUT2D eigenvalue weighted by Gasteiger charge is -2.39. The SMILES string of the molecule is CCOC(=O)C1=C(CN2CCN(C(=O)c3ccc(OC)cc3)CC2)N(C)C(=O)N[C@H]1c1cccc(C)c1. The first-order chi connectivity index (χ1) is 17.8. The molecular formula is C28H34N4O5. The van der Waals surface area contributed by atoms with E-state index in [1.807, 2.05) is 36.1 Å². The Balaban J connectivity index is 1.54. The Bertz CT molecular complexity index is 1190. The second-order valence-electron chi connectivity index (χ2n) is 9.23. The molecule has 0 aromatic heterocycles. The van der Waals surface area contributed by atoms with Gasteiger partial charge in [-0.3, -0.25) is 14.6 Å². The largest absolute Gasteiger partial charge is 0.497 e. The van der Waals surface area contributed by atoms with E-state index in [1.54, 1.807) is 45.3 Å². The van der Waals surface area contributed by atoms with Crippen molar-refractivity contribution in [2.75, 3.05) is 53.5 Å². The van der Waals surface area contributed by atoms with Crippen LogP contribution in [0.3, 0.4) is 0 Å². The number of hydrogen-bond acceptors (Lipinski definition) is 6. The van der Waals surface area contributed by atoms with Gasteiger partial charge in [-0.2, -0.15) is 0 Å². The third-order valence-electron chi connectivity index (χ3n) is 6.82. The second kappa shape index (κ2) is 11.5. The number of hydrogen-bond donors (Lipinski definition) is 1. The number of carbonyl (C=O) groups excluding carboxylic acids is 3. The van der Waals surface area contributed by atoms with Crippen LogP contribution >= 0.6 is 0 Å². The first-order valence-electron chi connectivity index (χ1n) is 12.5. The number of aryl methyl sites for hydroxylation is 1. The third kappa shape index (κ3) is 5.77. The summed E-state index contributed by atoms with van der Waals surface area (Å²) >= 11 is 0. The number of amides is 3. The summed E-state index contributed by atoms with van der Waals surface area (Å²) in [5.41, 5.74) is 3.53. The molecule has 3 amide bonds. The standard InChI is InChI=1S/C28H34N4O5/c1-5-37-27(34)24-23(30(3)28(35)29-25(24)21-8-6-7-19(2)17-21)18-31-13-15-32(16-14-31)26(33)20-9-11-22(36-4)12-10-20/h6-12,17,25H,5,13-16,18H2,1-4H3,(H,29,35)/t25-/m0/s1. The Morgan fingerprint density at radius 3 is 2.38 bits per heavy atom. The summed E-state index contributed by atoms with van der Waals surface area (Å²) in [6, 6.07) is 14.0. The number of piperazine rings is 1. The minimum atomic E-state index is -0.601. The number of nitrogens with one attached hydrogen (secondary N) is 1. The van der Waals surface area contributed by atoms with Gasteiger partial charge in [-0.15, -0.1) is 0 Å². The molecule has 0 spiro atoms. The summed E-state index contributed by atoms with van der Waals surface area (Å²) in [6.07, 6.45) is 0. The van der Waals surface area contributed by atoms with Gasteiger partial charge in [0.25, 0.3) is 5.91 Å². The molecule has 2 heterocycles. The van der Waals surface area contributed by atoms with Crippen molar-refractivity contribution < 1.29 is 23.9 Å². The molecule has 0 unspecified atom stereocenters. The van der Waals surface area contributed by atoms with E-state index in [2.05, 4.69) is 10.2 Å². The normalized spacial score (nSPS) is 18.5. The predicted molar refractivity (Wildman–Crippen MR) is 139 cm³/mol. The Morgan fingerprint density at radius 1 is 1.05 bits per heavy atom. The van der Waals surface area contributed by atoms with Crippen molar-refractivity contribution >= 4 is 17.9 Å². The van der Waals surface area contributed by atoms with Crippen molar-refractivity contribution in [2.24, 2.45) is 0 Å². The van der Waals surface area contributed by atoms with Gasteiger partial charge in [0.2, 0.25) is 0 Å². The molecule has 2 aromatic carbocycles. The highest BCUT2D eigenvalue weighted by Gasteiger charge is 2.37. The number of methoxy groups -OCH3 is 1. The van der Waals surface area contributed by atoms with Gasteiger partial charge in [0.1, 0.15) is 5.75 Å². The van der Waals surface area contributed by atoms with Crippen LogP contribution in [-0.2, 0) is 9.53 Å². The van der Waals surface area contributed by atoms with Crippen LogP contribution in [0.15, 0.2) is 59.8 Å². The minimum absolute atomic E-state index is 0.0256. The summed E-state index contributed by atoms with van der Waals surface area (Å²) in [4.78, 5) is 44.6. The number of benzene rings is 2. The topological polar surface area (TPSA) is 91.4 Å². The van der Waals surface area contributed by atoms with Crippen LogP contribution in [0.2, 0.25) is 0 Å². The lowest BCUT2D eigenvalue weighted by molar-refractivity contribution is -0.139. The van der Waals surface area contributed by atoms with Crippen LogP contribution in [0, 0.1) is 6.92 Å². The van der Waals surface area contributed by atoms with Gasteiger partial charge in [0.05, 0.1) is 25.3 Å². The molecule has 4 rings (SSSR count). The fourth-order valence-electron chi connectivity index (χ4n) is 4.73. The maximum absolute atomic E-state index is 13.2. The smallest absolute Gasteiger partial charge is 0.338 e. The van der Waals surface area contributed by atoms with Crippen LogP contribution < -0.4 is 10.1 Å². The monoisotopic (exact) mass is 506 g/mol. The van der Waals surface area contributed by atoms with E-state index in [-0.39, 0.29) is 18.5 Å². The molecule has 37 heavy (non-hydrogen) atoms. The first-order valence-corrected chi connectivity index (χ1v) is 12.5. The van der Waals surface area contributed by atoms with Crippen molar-refractivity contribution in [1.29, 1.82) is 0 Å². The molecule has 196 valence electrons. The molecule has 2 aliphatic rings. The van der Waals surface area contributed by atoms with Crippen molar-refractivity contribution in [2.45, 2.75) is 19.9 Å². The third-order valence-corrected chi connectivity index (χ3v) is 6.82. The van der Waals surface area contributed by atoms with Gasteiger partial charge >= 0.3 is 12.0 Å². The van der Waals surface area contributed by atoms with Crippen molar-refractivity contribution in [1.82, 2.24) is 20.0 Å². The van der Waals surface area contributed by atoms with E-state index in [0.29, 0.717) is 55.3 Å². The van der Waals surface area contributed by atoms with Crippen LogP contribution in [0.5, 0.6) is 5.75 Å². The van der Waals surface area contributed by atoms with E-state index in [9.17, 15) is 14.4 Å². The molecule has 1 saturated heterocycles. The fourth-order valence-corrected chi connectivity index (χ4v) is 4.73. The van der Waals surface area contributed by atoms with Gasteiger partial charge < -0.3 is 19.7 Å². The molecule has 0 radical (unpaired) electrons. The predicted octanol–water partition coefficient (Wildman–Crippen LogP) is 2.97. The van der Waals surface area contributed by atoms with Crippen molar-refractivity contribution in [3.05, 3.63) is 76.5 Å².